The number of imide groups is 1. The molecule has 0 radical (unpaired) electrons. The number of carbonyl (C=O) groups is 3. The van der Waals surface area contributed by atoms with Crippen molar-refractivity contribution in [1.82, 2.24) is 0 Å². The molecule has 4 aliphatic rings. The minimum absolute atomic E-state index is 0.00334. The highest BCUT2D eigenvalue weighted by atomic mass is 16.6. The molecule has 2 saturated carbocycles. The zero-order valence-corrected chi connectivity index (χ0v) is 18.8. The van der Waals surface area contributed by atoms with Gasteiger partial charge >= 0.3 is 5.97 Å². The first kappa shape index (κ1) is 20.9. The van der Waals surface area contributed by atoms with Gasteiger partial charge in [0.05, 0.1) is 42.5 Å². The highest BCUT2D eigenvalue weighted by Gasteiger charge is 2.70. The van der Waals surface area contributed by atoms with E-state index in [1.54, 1.807) is 38.3 Å². The van der Waals surface area contributed by atoms with Gasteiger partial charge in [0.15, 0.2) is 0 Å². The zero-order valence-electron chi connectivity index (χ0n) is 18.8. The number of ether oxygens (including phenoxy) is 2. The van der Waals surface area contributed by atoms with E-state index in [1.807, 2.05) is 24.3 Å². The number of fused-ring (bicyclic) bond motifs is 8. The molecule has 0 aromatic heterocycles. The lowest BCUT2D eigenvalue weighted by atomic mass is 9.71. The number of hydrogen-bond donors (Lipinski definition) is 0. The number of benzene rings is 2. The summed E-state index contributed by atoms with van der Waals surface area (Å²) in [6.07, 6.45) is 0.596. The van der Waals surface area contributed by atoms with E-state index in [0.29, 0.717) is 11.3 Å². The second kappa shape index (κ2) is 7.68. The van der Waals surface area contributed by atoms with Crippen molar-refractivity contribution in [3.63, 3.8) is 0 Å². The minimum Gasteiger partial charge on any atom is -0.497 e. The second-order valence-corrected chi connectivity index (χ2v) is 9.20. The van der Waals surface area contributed by atoms with Crippen LogP contribution in [0.5, 0.6) is 5.75 Å². The van der Waals surface area contributed by atoms with Crippen LogP contribution in [0.3, 0.4) is 0 Å². The van der Waals surface area contributed by atoms with Gasteiger partial charge in [0.1, 0.15) is 11.9 Å². The van der Waals surface area contributed by atoms with Crippen molar-refractivity contribution >= 4 is 29.2 Å². The van der Waals surface area contributed by atoms with Crippen molar-refractivity contribution < 1.29 is 28.7 Å². The lowest BCUT2D eigenvalue weighted by molar-refractivity contribution is -0.125. The summed E-state index contributed by atoms with van der Waals surface area (Å²) < 4.78 is 10.3. The molecule has 0 unspecified atom stereocenters. The SMILES string of the molecule is CCOC(=O)c1ccc(N2C(=O)[C@@H]3[C@H]4C[C@@H]([C@@H]5C(c6ccc(OC)cc6)=NO[C@@H]45)[C@@H]3C2=O)cc1. The Kier molecular flexibility index (Phi) is 4.72. The molecule has 0 N–H and O–H groups in total. The number of carbonyl (C=O) groups excluding carboxylic acids is 3. The number of rotatable bonds is 5. The summed E-state index contributed by atoms with van der Waals surface area (Å²) in [5, 5.41) is 4.38. The van der Waals surface area contributed by atoms with Gasteiger partial charge in [-0.3, -0.25) is 14.5 Å². The summed E-state index contributed by atoms with van der Waals surface area (Å²) >= 11 is 0. The Morgan fingerprint density at radius 3 is 2.32 bits per heavy atom. The maximum absolute atomic E-state index is 13.5. The number of methoxy groups -OCH3 is 1. The largest absolute Gasteiger partial charge is 0.497 e. The van der Waals surface area contributed by atoms with E-state index in [9.17, 15) is 14.4 Å². The zero-order chi connectivity index (χ0) is 23.6. The number of oxime groups is 1. The lowest BCUT2D eigenvalue weighted by Crippen LogP contribution is -2.41. The topological polar surface area (TPSA) is 94.5 Å². The Bertz CT molecular complexity index is 1200. The lowest BCUT2D eigenvalue weighted by Gasteiger charge is -2.29. The van der Waals surface area contributed by atoms with Crippen LogP contribution in [0.25, 0.3) is 0 Å². The molecule has 6 atom stereocenters. The van der Waals surface area contributed by atoms with Crippen LogP contribution in [-0.4, -0.2) is 43.3 Å². The normalized spacial score (nSPS) is 30.6. The van der Waals surface area contributed by atoms with Gasteiger partial charge in [0.2, 0.25) is 11.8 Å². The summed E-state index contributed by atoms with van der Waals surface area (Å²) in [5.74, 6) is -0.863. The average Bonchev–Trinajstić information content (AvgIpc) is 3.60. The molecule has 2 heterocycles. The average molecular weight is 460 g/mol. The van der Waals surface area contributed by atoms with Gasteiger partial charge < -0.3 is 14.3 Å². The van der Waals surface area contributed by atoms with Crippen LogP contribution in [0.15, 0.2) is 53.7 Å². The molecule has 2 aliphatic heterocycles. The van der Waals surface area contributed by atoms with Crippen molar-refractivity contribution in [3.8, 4) is 5.75 Å². The van der Waals surface area contributed by atoms with E-state index in [1.165, 1.54) is 4.90 Å². The van der Waals surface area contributed by atoms with Crippen molar-refractivity contribution in [2.75, 3.05) is 18.6 Å². The fourth-order valence-corrected chi connectivity index (χ4v) is 6.34. The van der Waals surface area contributed by atoms with E-state index in [0.717, 1.165) is 23.4 Å². The van der Waals surface area contributed by atoms with Crippen LogP contribution in [0.1, 0.15) is 29.3 Å². The maximum atomic E-state index is 13.5. The first-order valence-corrected chi connectivity index (χ1v) is 11.6. The molecule has 174 valence electrons. The van der Waals surface area contributed by atoms with Crippen LogP contribution >= 0.6 is 0 Å². The molecule has 1 saturated heterocycles. The third kappa shape index (κ3) is 2.84. The Morgan fingerprint density at radius 1 is 1.00 bits per heavy atom. The molecule has 34 heavy (non-hydrogen) atoms. The Labute approximate surface area is 196 Å². The van der Waals surface area contributed by atoms with Gasteiger partial charge in [-0.25, -0.2) is 4.79 Å². The monoisotopic (exact) mass is 460 g/mol. The standard InChI is InChI=1S/C26H24N2O6/c1-3-33-26(31)14-4-8-15(9-5-14)28-24(29)19-17-12-18(20(19)25(28)30)23-21(17)22(27-34-23)13-6-10-16(32-2)11-7-13/h4-11,17-21,23H,3,12H2,1-2H3/t17-,18-,19+,20-,21-,23+/m1/s1. The molecule has 2 bridgehead atoms. The van der Waals surface area contributed by atoms with Gasteiger partial charge in [-0.1, -0.05) is 5.16 Å². The first-order chi connectivity index (χ1) is 16.5. The quantitative estimate of drug-likeness (QED) is 0.503. The van der Waals surface area contributed by atoms with Gasteiger partial charge in [-0.05, 0) is 67.8 Å². The van der Waals surface area contributed by atoms with Crippen LogP contribution in [0, 0.1) is 29.6 Å². The van der Waals surface area contributed by atoms with Crippen molar-refractivity contribution in [1.29, 1.82) is 0 Å². The molecule has 8 nitrogen and oxygen atoms in total. The molecule has 6 rings (SSSR count). The predicted molar refractivity (Wildman–Crippen MR) is 121 cm³/mol. The van der Waals surface area contributed by atoms with E-state index in [4.69, 9.17) is 14.3 Å². The fourth-order valence-electron chi connectivity index (χ4n) is 6.34. The Morgan fingerprint density at radius 2 is 1.68 bits per heavy atom. The Hall–Kier alpha value is -3.68. The maximum Gasteiger partial charge on any atom is 0.338 e. The van der Waals surface area contributed by atoms with Crippen LogP contribution in [-0.2, 0) is 19.2 Å². The van der Waals surface area contributed by atoms with Crippen LogP contribution in [0.4, 0.5) is 5.69 Å². The number of anilines is 1. The number of esters is 1. The van der Waals surface area contributed by atoms with Gasteiger partial charge in [0.25, 0.3) is 0 Å². The smallest absolute Gasteiger partial charge is 0.338 e. The summed E-state index contributed by atoms with van der Waals surface area (Å²) in [4.78, 5) is 46.1. The molecule has 0 spiro atoms. The highest BCUT2D eigenvalue weighted by molar-refractivity contribution is 6.23. The van der Waals surface area contributed by atoms with Gasteiger partial charge in [-0.2, -0.15) is 0 Å². The second-order valence-electron chi connectivity index (χ2n) is 9.20. The summed E-state index contributed by atoms with van der Waals surface area (Å²) in [5.41, 5.74) is 2.65. The molecular weight excluding hydrogens is 436 g/mol. The number of amides is 2. The van der Waals surface area contributed by atoms with Crippen LogP contribution in [0.2, 0.25) is 0 Å². The number of hydrogen-bond acceptors (Lipinski definition) is 7. The predicted octanol–water partition coefficient (Wildman–Crippen LogP) is 3.05. The van der Waals surface area contributed by atoms with E-state index < -0.39 is 11.9 Å². The molecular formula is C26H24N2O6. The fraction of sp³-hybridized carbons (Fsp3) is 0.385. The first-order valence-electron chi connectivity index (χ1n) is 11.6. The number of nitrogens with zero attached hydrogens (tertiary/aromatic N) is 2. The third-order valence-corrected chi connectivity index (χ3v) is 7.71. The molecule has 2 amide bonds. The molecule has 2 aliphatic carbocycles. The molecule has 8 heteroatoms. The Balaban J connectivity index is 1.27. The summed E-state index contributed by atoms with van der Waals surface area (Å²) in [6, 6.07) is 14.1. The molecule has 2 aromatic carbocycles. The van der Waals surface area contributed by atoms with E-state index >= 15 is 0 Å². The van der Waals surface area contributed by atoms with Crippen molar-refractivity contribution in [2.45, 2.75) is 19.4 Å². The van der Waals surface area contributed by atoms with Crippen molar-refractivity contribution in [3.05, 3.63) is 59.7 Å². The third-order valence-electron chi connectivity index (χ3n) is 7.71. The van der Waals surface area contributed by atoms with Crippen molar-refractivity contribution in [2.24, 2.45) is 34.7 Å². The summed E-state index contributed by atoms with van der Waals surface area (Å²) in [7, 11) is 1.62. The summed E-state index contributed by atoms with van der Waals surface area (Å²) in [6.45, 7) is 2.02. The molecule has 3 fully saturated rings. The van der Waals surface area contributed by atoms with E-state index in [2.05, 4.69) is 5.16 Å². The minimum atomic E-state index is -0.432. The molecule has 2 aromatic rings. The van der Waals surface area contributed by atoms with E-state index in [-0.39, 0.29) is 48.2 Å². The van der Waals surface area contributed by atoms with Gasteiger partial charge in [-0.15, -0.1) is 0 Å². The van der Waals surface area contributed by atoms with Gasteiger partial charge in [0, 0.05) is 17.4 Å². The van der Waals surface area contributed by atoms with Crippen LogP contribution < -0.4 is 9.64 Å². The highest BCUT2D eigenvalue weighted by Crippen LogP contribution is 2.62.